The highest BCUT2D eigenvalue weighted by Crippen LogP contribution is 2.30. The normalized spacial score (nSPS) is 12.4. The predicted octanol–water partition coefficient (Wildman–Crippen LogP) is 3.70. The van der Waals surface area contributed by atoms with Crippen molar-refractivity contribution >= 4 is 29.9 Å². The Bertz CT molecular complexity index is 413. The molecule has 0 spiro atoms. The lowest BCUT2D eigenvalue weighted by atomic mass is 9.85. The summed E-state index contributed by atoms with van der Waals surface area (Å²) in [6.45, 7) is 6.84. The first-order valence-electron chi connectivity index (χ1n) is 6.57. The predicted molar refractivity (Wildman–Crippen MR) is 87.3 cm³/mol. The second kappa shape index (κ2) is 8.50. The minimum atomic E-state index is -0.00769. The fourth-order valence-electron chi connectivity index (χ4n) is 1.96. The van der Waals surface area contributed by atoms with Crippen LogP contribution in [-0.2, 0) is 4.79 Å². The van der Waals surface area contributed by atoms with Gasteiger partial charge in [-0.2, -0.15) is 0 Å². The molecule has 3 nitrogen and oxygen atoms in total. The van der Waals surface area contributed by atoms with Gasteiger partial charge in [0.1, 0.15) is 0 Å². The van der Waals surface area contributed by atoms with Crippen molar-refractivity contribution in [2.24, 2.45) is 11.1 Å². The van der Waals surface area contributed by atoms with Crippen LogP contribution in [0.5, 0.6) is 0 Å². The third-order valence-corrected chi connectivity index (χ3v) is 3.05. The van der Waals surface area contributed by atoms with Gasteiger partial charge in [-0.25, -0.2) is 0 Å². The van der Waals surface area contributed by atoms with Crippen LogP contribution in [-0.4, -0.2) is 12.5 Å². The minimum absolute atomic E-state index is 0. The summed E-state index contributed by atoms with van der Waals surface area (Å²) in [6, 6.07) is 7.61. The van der Waals surface area contributed by atoms with Gasteiger partial charge in [-0.3, -0.25) is 4.79 Å². The van der Waals surface area contributed by atoms with Crippen molar-refractivity contribution < 1.29 is 4.79 Å². The Hall–Kier alpha value is -0.770. The average molecular weight is 319 g/mol. The van der Waals surface area contributed by atoms with Crippen LogP contribution in [0, 0.1) is 5.41 Å². The number of rotatable bonds is 5. The highest BCUT2D eigenvalue weighted by Gasteiger charge is 2.21. The third-order valence-electron chi connectivity index (χ3n) is 2.80. The van der Waals surface area contributed by atoms with Crippen LogP contribution in [0.25, 0.3) is 0 Å². The van der Waals surface area contributed by atoms with Crippen LogP contribution in [0.2, 0.25) is 5.02 Å². The highest BCUT2D eigenvalue weighted by atomic mass is 35.5. The Morgan fingerprint density at radius 2 is 1.85 bits per heavy atom. The van der Waals surface area contributed by atoms with Crippen molar-refractivity contribution in [2.45, 2.75) is 39.7 Å². The van der Waals surface area contributed by atoms with E-state index in [1.54, 1.807) is 0 Å². The molecule has 5 heteroatoms. The number of nitrogens with one attached hydrogen (secondary N) is 1. The molecule has 0 aliphatic carbocycles. The molecule has 0 heterocycles. The van der Waals surface area contributed by atoms with Gasteiger partial charge >= 0.3 is 0 Å². The maximum atomic E-state index is 11.8. The van der Waals surface area contributed by atoms with E-state index >= 15 is 0 Å². The molecule has 0 aromatic heterocycles. The Labute approximate surface area is 132 Å². The van der Waals surface area contributed by atoms with Gasteiger partial charge < -0.3 is 11.1 Å². The topological polar surface area (TPSA) is 55.1 Å². The number of halogens is 2. The van der Waals surface area contributed by atoms with E-state index in [9.17, 15) is 4.79 Å². The van der Waals surface area contributed by atoms with E-state index in [0.717, 1.165) is 12.0 Å². The number of amides is 1. The average Bonchev–Trinajstić information content (AvgIpc) is 2.27. The van der Waals surface area contributed by atoms with Gasteiger partial charge in [0.15, 0.2) is 0 Å². The molecule has 1 amide bonds. The van der Waals surface area contributed by atoms with E-state index in [4.69, 9.17) is 17.3 Å². The molecule has 1 unspecified atom stereocenters. The second-order valence-electron chi connectivity index (χ2n) is 5.98. The fraction of sp³-hybridized carbons (Fsp3) is 0.533. The summed E-state index contributed by atoms with van der Waals surface area (Å²) in [5.41, 5.74) is 6.61. The molecule has 1 aromatic carbocycles. The minimum Gasteiger partial charge on any atom is -0.349 e. The van der Waals surface area contributed by atoms with Gasteiger partial charge in [-0.1, -0.05) is 44.5 Å². The van der Waals surface area contributed by atoms with Crippen LogP contribution in [0.4, 0.5) is 0 Å². The molecule has 114 valence electrons. The molecule has 0 radical (unpaired) electrons. The second-order valence-corrected chi connectivity index (χ2v) is 6.41. The first-order valence-corrected chi connectivity index (χ1v) is 6.94. The monoisotopic (exact) mass is 318 g/mol. The summed E-state index contributed by atoms with van der Waals surface area (Å²) in [5, 5.41) is 3.75. The smallest absolute Gasteiger partial charge is 0.221 e. The Morgan fingerprint density at radius 3 is 2.30 bits per heavy atom. The quantitative estimate of drug-likeness (QED) is 0.869. The van der Waals surface area contributed by atoms with Gasteiger partial charge in [0.2, 0.25) is 5.91 Å². The highest BCUT2D eigenvalue weighted by molar-refractivity contribution is 6.30. The molecule has 0 saturated heterocycles. The molecule has 3 N–H and O–H groups in total. The molecule has 1 aromatic rings. The van der Waals surface area contributed by atoms with Gasteiger partial charge in [0, 0.05) is 18.0 Å². The van der Waals surface area contributed by atoms with Crippen molar-refractivity contribution in [1.82, 2.24) is 5.32 Å². The number of carbonyl (C=O) groups excluding carboxylic acids is 1. The van der Waals surface area contributed by atoms with Crippen molar-refractivity contribution in [1.29, 1.82) is 0 Å². The molecule has 0 aliphatic rings. The standard InChI is InChI=1S/C15H23ClN2O.ClH/c1-15(2,3)10-13(18-14(19)8-9-17)11-4-6-12(16)7-5-11;/h4-7,13H,8-10,17H2,1-3H3,(H,18,19);1H. The van der Waals surface area contributed by atoms with Crippen LogP contribution >= 0.6 is 24.0 Å². The summed E-state index contributed by atoms with van der Waals surface area (Å²) < 4.78 is 0. The molecular weight excluding hydrogens is 295 g/mol. The van der Waals surface area contributed by atoms with Crippen LogP contribution in [0.15, 0.2) is 24.3 Å². The maximum absolute atomic E-state index is 11.8. The SMILES string of the molecule is CC(C)(C)CC(NC(=O)CCN)c1ccc(Cl)cc1.Cl. The van der Waals surface area contributed by atoms with Crippen LogP contribution in [0.1, 0.15) is 45.2 Å². The molecule has 20 heavy (non-hydrogen) atoms. The van der Waals surface area contributed by atoms with E-state index in [1.165, 1.54) is 0 Å². The molecule has 1 atom stereocenters. The first kappa shape index (κ1) is 19.2. The Balaban J connectivity index is 0.00000361. The van der Waals surface area contributed by atoms with Gasteiger partial charge in [0.25, 0.3) is 0 Å². The van der Waals surface area contributed by atoms with Gasteiger partial charge in [0.05, 0.1) is 6.04 Å². The number of benzene rings is 1. The van der Waals surface area contributed by atoms with Gasteiger partial charge in [-0.05, 0) is 29.5 Å². The first-order chi connectivity index (χ1) is 8.81. The number of nitrogens with two attached hydrogens (primary N) is 1. The summed E-state index contributed by atoms with van der Waals surface area (Å²) in [5.74, 6) is -0.00769. The number of hydrogen-bond acceptors (Lipinski definition) is 2. The summed E-state index contributed by atoms with van der Waals surface area (Å²) in [6.07, 6.45) is 1.22. The Kier molecular flexibility index (Phi) is 8.17. The molecule has 1 rings (SSSR count). The van der Waals surface area contributed by atoms with E-state index in [0.29, 0.717) is 18.0 Å². The van der Waals surface area contributed by atoms with E-state index in [-0.39, 0.29) is 29.8 Å². The molecule has 0 fully saturated rings. The number of hydrogen-bond donors (Lipinski definition) is 2. The van der Waals surface area contributed by atoms with E-state index in [1.807, 2.05) is 24.3 Å². The summed E-state index contributed by atoms with van der Waals surface area (Å²) in [7, 11) is 0. The van der Waals surface area contributed by atoms with Crippen molar-refractivity contribution in [3.05, 3.63) is 34.9 Å². The lowest BCUT2D eigenvalue weighted by molar-refractivity contribution is -0.121. The van der Waals surface area contributed by atoms with Crippen LogP contribution < -0.4 is 11.1 Å². The maximum Gasteiger partial charge on any atom is 0.221 e. The van der Waals surface area contributed by atoms with Crippen LogP contribution in [0.3, 0.4) is 0 Å². The lowest BCUT2D eigenvalue weighted by Gasteiger charge is -2.27. The molecular formula is C15H24Cl2N2O. The van der Waals surface area contributed by atoms with Crippen molar-refractivity contribution in [3.63, 3.8) is 0 Å². The van der Waals surface area contributed by atoms with Crippen molar-refractivity contribution in [3.8, 4) is 0 Å². The summed E-state index contributed by atoms with van der Waals surface area (Å²) in [4.78, 5) is 11.8. The number of carbonyl (C=O) groups is 1. The molecule has 0 bridgehead atoms. The Morgan fingerprint density at radius 1 is 1.30 bits per heavy atom. The fourth-order valence-corrected chi connectivity index (χ4v) is 2.08. The van der Waals surface area contributed by atoms with E-state index < -0.39 is 0 Å². The largest absolute Gasteiger partial charge is 0.349 e. The summed E-state index contributed by atoms with van der Waals surface area (Å²) >= 11 is 5.90. The van der Waals surface area contributed by atoms with Crippen molar-refractivity contribution in [2.75, 3.05) is 6.54 Å². The lowest BCUT2D eigenvalue weighted by Crippen LogP contribution is -2.32. The molecule has 0 aliphatic heterocycles. The molecule has 0 saturated carbocycles. The zero-order valence-corrected chi connectivity index (χ0v) is 13.9. The third kappa shape index (κ3) is 7.13. The van der Waals surface area contributed by atoms with E-state index in [2.05, 4.69) is 26.1 Å². The zero-order valence-electron chi connectivity index (χ0n) is 12.3. The van der Waals surface area contributed by atoms with Gasteiger partial charge in [-0.15, -0.1) is 12.4 Å². The zero-order chi connectivity index (χ0) is 14.5.